The van der Waals surface area contributed by atoms with Crippen molar-refractivity contribution in [1.82, 2.24) is 5.32 Å². The number of amides is 1. The SMILES string of the molecule is Cc1c(C(=O)NC2(C(=O)O)CCSC2)cccc1[N+](=O)[O-]. The van der Waals surface area contributed by atoms with Crippen LogP contribution in [0.15, 0.2) is 18.2 Å². The topological polar surface area (TPSA) is 110 Å². The summed E-state index contributed by atoms with van der Waals surface area (Å²) >= 11 is 1.45. The number of nitrogens with one attached hydrogen (secondary N) is 1. The van der Waals surface area contributed by atoms with E-state index in [2.05, 4.69) is 5.32 Å². The summed E-state index contributed by atoms with van der Waals surface area (Å²) < 4.78 is 0. The number of hydrogen-bond acceptors (Lipinski definition) is 5. The zero-order valence-electron chi connectivity index (χ0n) is 11.3. The van der Waals surface area contributed by atoms with Gasteiger partial charge in [-0.3, -0.25) is 14.9 Å². The Hall–Kier alpha value is -2.09. The van der Waals surface area contributed by atoms with Crippen LogP contribution in [0.4, 0.5) is 5.69 Å². The van der Waals surface area contributed by atoms with Crippen LogP contribution in [0.2, 0.25) is 0 Å². The number of benzene rings is 1. The van der Waals surface area contributed by atoms with Crippen LogP contribution in [0.5, 0.6) is 0 Å². The first kappa shape index (κ1) is 15.3. The van der Waals surface area contributed by atoms with Crippen LogP contribution in [-0.2, 0) is 4.79 Å². The number of nitro groups is 1. The highest BCUT2D eigenvalue weighted by Crippen LogP contribution is 2.29. The van der Waals surface area contributed by atoms with Crippen LogP contribution in [0.1, 0.15) is 22.3 Å². The summed E-state index contributed by atoms with van der Waals surface area (Å²) in [4.78, 5) is 34.0. The number of hydrogen-bond donors (Lipinski definition) is 2. The fraction of sp³-hybridized carbons (Fsp3) is 0.385. The monoisotopic (exact) mass is 310 g/mol. The van der Waals surface area contributed by atoms with Gasteiger partial charge in [0.05, 0.1) is 4.92 Å². The van der Waals surface area contributed by atoms with Gasteiger partial charge in [-0.2, -0.15) is 11.8 Å². The molecule has 21 heavy (non-hydrogen) atoms. The predicted octanol–water partition coefficient (Wildman–Crippen LogP) is 1.59. The molecule has 1 amide bonds. The van der Waals surface area contributed by atoms with Crippen LogP contribution < -0.4 is 5.32 Å². The predicted molar refractivity (Wildman–Crippen MR) is 77.6 cm³/mol. The standard InChI is InChI=1S/C13H14N2O5S/c1-8-9(3-2-4-10(8)15(19)20)11(16)14-13(12(17)18)5-6-21-7-13/h2-4H,5-7H2,1H3,(H,14,16)(H,17,18). The lowest BCUT2D eigenvalue weighted by atomic mass is 9.97. The van der Waals surface area contributed by atoms with Gasteiger partial charge in [0, 0.05) is 22.9 Å². The number of nitro benzene ring substituents is 1. The number of carboxylic acids is 1. The molecular weight excluding hydrogens is 296 g/mol. The maximum atomic E-state index is 12.3. The summed E-state index contributed by atoms with van der Waals surface area (Å²) in [5.41, 5.74) is -1.10. The van der Waals surface area contributed by atoms with Crippen molar-refractivity contribution in [3.8, 4) is 0 Å². The fourth-order valence-electron chi connectivity index (χ4n) is 2.24. The van der Waals surface area contributed by atoms with Gasteiger partial charge in [-0.05, 0) is 25.2 Å². The number of carbonyl (C=O) groups excluding carboxylic acids is 1. The molecule has 7 nitrogen and oxygen atoms in total. The molecule has 1 fully saturated rings. The van der Waals surface area contributed by atoms with Gasteiger partial charge in [0.25, 0.3) is 11.6 Å². The van der Waals surface area contributed by atoms with E-state index < -0.39 is 22.3 Å². The zero-order valence-corrected chi connectivity index (χ0v) is 12.1. The van der Waals surface area contributed by atoms with E-state index in [4.69, 9.17) is 0 Å². The van der Waals surface area contributed by atoms with E-state index in [9.17, 15) is 24.8 Å². The Bertz CT molecular complexity index is 611. The minimum Gasteiger partial charge on any atom is -0.479 e. The molecule has 0 aliphatic carbocycles. The van der Waals surface area contributed by atoms with Crippen molar-refractivity contribution in [2.45, 2.75) is 18.9 Å². The van der Waals surface area contributed by atoms with Crippen molar-refractivity contribution in [3.63, 3.8) is 0 Å². The van der Waals surface area contributed by atoms with E-state index in [0.717, 1.165) is 0 Å². The lowest BCUT2D eigenvalue weighted by molar-refractivity contribution is -0.385. The Balaban J connectivity index is 2.31. The third-order valence-corrected chi connectivity index (χ3v) is 4.72. The van der Waals surface area contributed by atoms with E-state index in [-0.39, 0.29) is 16.8 Å². The molecule has 112 valence electrons. The molecule has 2 rings (SSSR count). The molecule has 1 aromatic carbocycles. The third-order valence-electron chi connectivity index (χ3n) is 3.53. The van der Waals surface area contributed by atoms with E-state index in [1.54, 1.807) is 0 Å². The molecule has 2 N–H and O–H groups in total. The highest BCUT2D eigenvalue weighted by Gasteiger charge is 2.43. The van der Waals surface area contributed by atoms with E-state index >= 15 is 0 Å². The smallest absolute Gasteiger partial charge is 0.330 e. The molecule has 1 aromatic rings. The van der Waals surface area contributed by atoms with Gasteiger partial charge in [0.2, 0.25) is 0 Å². The Morgan fingerprint density at radius 1 is 1.48 bits per heavy atom. The Labute approximate surface area is 124 Å². The van der Waals surface area contributed by atoms with Gasteiger partial charge in [-0.1, -0.05) is 6.07 Å². The fourth-order valence-corrected chi connectivity index (χ4v) is 3.56. The summed E-state index contributed by atoms with van der Waals surface area (Å²) in [5.74, 6) is -0.729. The van der Waals surface area contributed by atoms with Gasteiger partial charge in [0.15, 0.2) is 0 Å². The highest BCUT2D eigenvalue weighted by atomic mass is 32.2. The maximum Gasteiger partial charge on any atom is 0.330 e. The van der Waals surface area contributed by atoms with Crippen LogP contribution in [-0.4, -0.2) is 39.0 Å². The quantitative estimate of drug-likeness (QED) is 0.645. The average Bonchev–Trinajstić information content (AvgIpc) is 2.88. The Kier molecular flexibility index (Phi) is 4.17. The van der Waals surface area contributed by atoms with Crippen molar-refractivity contribution >= 4 is 29.3 Å². The Morgan fingerprint density at radius 3 is 2.71 bits per heavy atom. The van der Waals surface area contributed by atoms with Crippen molar-refractivity contribution in [2.75, 3.05) is 11.5 Å². The third kappa shape index (κ3) is 2.85. The summed E-state index contributed by atoms with van der Waals surface area (Å²) in [6, 6.07) is 4.18. The largest absolute Gasteiger partial charge is 0.479 e. The lowest BCUT2D eigenvalue weighted by Gasteiger charge is -2.24. The van der Waals surface area contributed by atoms with Crippen molar-refractivity contribution < 1.29 is 19.6 Å². The molecule has 1 aliphatic heterocycles. The number of aliphatic carboxylic acids is 1. The number of thioether (sulfide) groups is 1. The van der Waals surface area contributed by atoms with Gasteiger partial charge in [0.1, 0.15) is 5.54 Å². The van der Waals surface area contributed by atoms with Crippen molar-refractivity contribution in [1.29, 1.82) is 0 Å². The molecule has 1 saturated heterocycles. The number of carboxylic acid groups (broad SMARTS) is 1. The van der Waals surface area contributed by atoms with Gasteiger partial charge in [-0.15, -0.1) is 0 Å². The van der Waals surface area contributed by atoms with E-state index in [1.807, 2.05) is 0 Å². The second kappa shape index (κ2) is 5.72. The molecule has 1 unspecified atom stereocenters. The first-order valence-corrected chi connectivity index (χ1v) is 7.40. The van der Waals surface area contributed by atoms with Crippen LogP contribution >= 0.6 is 11.8 Å². The van der Waals surface area contributed by atoms with Crippen LogP contribution in [0, 0.1) is 17.0 Å². The first-order valence-electron chi connectivity index (χ1n) is 6.25. The molecule has 1 aliphatic rings. The molecular formula is C13H14N2O5S. The number of carbonyl (C=O) groups is 2. The molecule has 8 heteroatoms. The minimum atomic E-state index is -1.29. The summed E-state index contributed by atoms with van der Waals surface area (Å²) in [6.45, 7) is 1.48. The van der Waals surface area contributed by atoms with Crippen LogP contribution in [0.25, 0.3) is 0 Å². The van der Waals surface area contributed by atoms with Crippen LogP contribution in [0.3, 0.4) is 0 Å². The van der Waals surface area contributed by atoms with E-state index in [0.29, 0.717) is 17.9 Å². The molecule has 1 atom stereocenters. The summed E-state index contributed by atoms with van der Waals surface area (Å²) in [6.07, 6.45) is 0.340. The first-order chi connectivity index (χ1) is 9.87. The zero-order chi connectivity index (χ0) is 15.6. The highest BCUT2D eigenvalue weighted by molar-refractivity contribution is 7.99. The van der Waals surface area contributed by atoms with Crippen molar-refractivity contribution in [3.05, 3.63) is 39.4 Å². The number of rotatable bonds is 4. The summed E-state index contributed by atoms with van der Waals surface area (Å²) in [5, 5.41) is 22.8. The van der Waals surface area contributed by atoms with Gasteiger partial charge >= 0.3 is 5.97 Å². The Morgan fingerprint density at radius 2 is 2.19 bits per heavy atom. The molecule has 0 saturated carbocycles. The normalized spacial score (nSPS) is 21.0. The van der Waals surface area contributed by atoms with E-state index in [1.165, 1.54) is 36.9 Å². The number of nitrogens with zero attached hydrogens (tertiary/aromatic N) is 1. The second-order valence-corrected chi connectivity index (χ2v) is 5.96. The molecule has 0 bridgehead atoms. The van der Waals surface area contributed by atoms with Gasteiger partial charge < -0.3 is 10.4 Å². The molecule has 0 spiro atoms. The second-order valence-electron chi connectivity index (χ2n) is 4.85. The maximum absolute atomic E-state index is 12.3. The lowest BCUT2D eigenvalue weighted by Crippen LogP contribution is -2.54. The van der Waals surface area contributed by atoms with Crippen molar-refractivity contribution in [2.24, 2.45) is 0 Å². The molecule has 1 heterocycles. The molecule has 0 aromatic heterocycles. The van der Waals surface area contributed by atoms with Gasteiger partial charge in [-0.25, -0.2) is 4.79 Å². The summed E-state index contributed by atoms with van der Waals surface area (Å²) in [7, 11) is 0. The average molecular weight is 310 g/mol. The molecule has 0 radical (unpaired) electrons. The minimum absolute atomic E-state index is 0.127.